The molecule has 2 atom stereocenters. The summed E-state index contributed by atoms with van der Waals surface area (Å²) in [6.45, 7) is 5.03. The lowest BCUT2D eigenvalue weighted by Crippen LogP contribution is -2.42. The van der Waals surface area contributed by atoms with Crippen LogP contribution in [0.4, 0.5) is 0 Å². The van der Waals surface area contributed by atoms with Crippen LogP contribution in [0.15, 0.2) is 23.2 Å². The molecule has 5 nitrogen and oxygen atoms in total. The Balaban J connectivity index is 1.62. The third kappa shape index (κ3) is 5.21. The van der Waals surface area contributed by atoms with Gasteiger partial charge in [0, 0.05) is 24.3 Å². The van der Waals surface area contributed by atoms with Crippen molar-refractivity contribution in [3.63, 3.8) is 0 Å². The van der Waals surface area contributed by atoms with Gasteiger partial charge in [-0.3, -0.25) is 0 Å². The summed E-state index contributed by atoms with van der Waals surface area (Å²) in [5.41, 5.74) is 1.13. The number of ether oxygens (including phenoxy) is 2. The van der Waals surface area contributed by atoms with Gasteiger partial charge in [-0.15, -0.1) is 0 Å². The highest BCUT2D eigenvalue weighted by Crippen LogP contribution is 2.31. The fraction of sp³-hybridized carbons (Fsp3) is 0.632. The van der Waals surface area contributed by atoms with E-state index in [0.29, 0.717) is 19.2 Å². The van der Waals surface area contributed by atoms with Gasteiger partial charge in [-0.1, -0.05) is 6.07 Å². The molecule has 0 amide bonds. The zero-order chi connectivity index (χ0) is 17.5. The van der Waals surface area contributed by atoms with E-state index in [2.05, 4.69) is 29.9 Å². The van der Waals surface area contributed by atoms with Crippen molar-refractivity contribution >= 4 is 17.7 Å². The number of thioether (sulfide) groups is 1. The second kappa shape index (κ2) is 9.22. The minimum absolute atomic E-state index is 0.527. The number of aliphatic imine (C=N–C) groups is 1. The molecule has 1 aliphatic heterocycles. The Bertz CT molecular complexity index is 594. The van der Waals surface area contributed by atoms with Crippen LogP contribution in [0.2, 0.25) is 0 Å². The quantitative estimate of drug-likeness (QED) is 0.622. The maximum atomic E-state index is 5.77. The molecule has 6 heteroatoms. The number of guanidine groups is 1. The normalized spacial score (nSPS) is 23.2. The van der Waals surface area contributed by atoms with E-state index < -0.39 is 0 Å². The van der Waals surface area contributed by atoms with Gasteiger partial charge in [0.2, 0.25) is 0 Å². The van der Waals surface area contributed by atoms with Gasteiger partial charge in [0.05, 0.1) is 19.8 Å². The molecule has 0 radical (unpaired) electrons. The van der Waals surface area contributed by atoms with Gasteiger partial charge >= 0.3 is 0 Å². The van der Waals surface area contributed by atoms with E-state index >= 15 is 0 Å². The van der Waals surface area contributed by atoms with Crippen molar-refractivity contribution in [1.82, 2.24) is 10.6 Å². The Hall–Kier alpha value is -1.56. The van der Waals surface area contributed by atoms with Gasteiger partial charge in [0.25, 0.3) is 0 Å². The Morgan fingerprint density at radius 3 is 2.84 bits per heavy atom. The largest absolute Gasteiger partial charge is 0.490 e. The first-order valence-corrected chi connectivity index (χ1v) is 10.5. The Labute approximate surface area is 155 Å². The number of benzene rings is 1. The van der Waals surface area contributed by atoms with Crippen molar-refractivity contribution in [1.29, 1.82) is 0 Å². The van der Waals surface area contributed by atoms with Crippen LogP contribution in [-0.2, 0) is 6.54 Å². The summed E-state index contributed by atoms with van der Waals surface area (Å²) in [6.07, 6.45) is 6.86. The van der Waals surface area contributed by atoms with E-state index in [1.807, 2.05) is 23.9 Å². The monoisotopic (exact) mass is 363 g/mol. The van der Waals surface area contributed by atoms with Crippen molar-refractivity contribution in [3.8, 4) is 11.5 Å². The molecule has 138 valence electrons. The minimum Gasteiger partial charge on any atom is -0.490 e. The molecule has 1 aromatic carbocycles. The van der Waals surface area contributed by atoms with Crippen molar-refractivity contribution in [2.45, 2.75) is 50.4 Å². The van der Waals surface area contributed by atoms with Crippen LogP contribution in [0.1, 0.15) is 38.2 Å². The molecule has 0 saturated heterocycles. The van der Waals surface area contributed by atoms with E-state index in [9.17, 15) is 0 Å². The Kier molecular flexibility index (Phi) is 6.73. The van der Waals surface area contributed by atoms with Crippen molar-refractivity contribution < 1.29 is 9.47 Å². The van der Waals surface area contributed by atoms with Gasteiger partial charge in [-0.25, -0.2) is 4.99 Å². The predicted octanol–water partition coefficient (Wildman–Crippen LogP) is 3.19. The number of nitrogens with zero attached hydrogens (tertiary/aromatic N) is 1. The fourth-order valence-electron chi connectivity index (χ4n) is 3.28. The lowest BCUT2D eigenvalue weighted by atomic mass is 10.2. The number of hydrogen-bond acceptors (Lipinski definition) is 4. The molecule has 25 heavy (non-hydrogen) atoms. The lowest BCUT2D eigenvalue weighted by Gasteiger charge is -2.17. The average Bonchev–Trinajstić information content (AvgIpc) is 2.95. The SMILES string of the molecule is CCNC(=NCc1ccc2c(c1)OCCCO2)NC1CCC(SC)C1. The molecule has 3 rings (SSSR count). The summed E-state index contributed by atoms with van der Waals surface area (Å²) >= 11 is 1.98. The zero-order valence-corrected chi connectivity index (χ0v) is 16.0. The molecule has 1 saturated carbocycles. The Morgan fingerprint density at radius 2 is 2.08 bits per heavy atom. The third-order valence-electron chi connectivity index (χ3n) is 4.63. The van der Waals surface area contributed by atoms with Crippen LogP contribution in [0, 0.1) is 0 Å². The highest BCUT2D eigenvalue weighted by molar-refractivity contribution is 7.99. The first-order valence-electron chi connectivity index (χ1n) is 9.24. The summed E-state index contributed by atoms with van der Waals surface area (Å²) < 4.78 is 11.5. The van der Waals surface area contributed by atoms with Crippen LogP contribution in [0.25, 0.3) is 0 Å². The second-order valence-corrected chi connectivity index (χ2v) is 7.68. The fourth-order valence-corrected chi connectivity index (χ4v) is 4.07. The van der Waals surface area contributed by atoms with Gasteiger partial charge < -0.3 is 20.1 Å². The number of hydrogen-bond donors (Lipinski definition) is 2. The maximum Gasteiger partial charge on any atom is 0.191 e. The Morgan fingerprint density at radius 1 is 1.24 bits per heavy atom. The van der Waals surface area contributed by atoms with E-state index in [4.69, 9.17) is 14.5 Å². The molecule has 1 aliphatic carbocycles. The highest BCUT2D eigenvalue weighted by atomic mass is 32.2. The highest BCUT2D eigenvalue weighted by Gasteiger charge is 2.24. The molecular formula is C19H29N3O2S. The van der Waals surface area contributed by atoms with Crippen LogP contribution in [-0.4, -0.2) is 43.3 Å². The standard InChI is InChI=1S/C19H29N3O2S/c1-3-20-19(22-15-6-7-16(12-15)25-2)21-13-14-5-8-17-18(11-14)24-10-4-9-23-17/h5,8,11,15-16H,3-4,6-7,9-10,12-13H2,1-2H3,(H2,20,21,22). The summed E-state index contributed by atoms with van der Waals surface area (Å²) in [5.74, 6) is 2.58. The molecule has 0 aromatic heterocycles. The molecule has 2 N–H and O–H groups in total. The van der Waals surface area contributed by atoms with Crippen molar-refractivity contribution in [2.24, 2.45) is 4.99 Å². The van der Waals surface area contributed by atoms with Crippen LogP contribution >= 0.6 is 11.8 Å². The molecule has 2 aliphatic rings. The molecule has 2 unspecified atom stereocenters. The first kappa shape index (κ1) is 18.2. The predicted molar refractivity (Wildman–Crippen MR) is 105 cm³/mol. The van der Waals surface area contributed by atoms with Crippen LogP contribution < -0.4 is 20.1 Å². The van der Waals surface area contributed by atoms with Gasteiger partial charge in [-0.05, 0) is 50.1 Å². The van der Waals surface area contributed by atoms with Crippen LogP contribution in [0.5, 0.6) is 11.5 Å². The number of fused-ring (bicyclic) bond motifs is 1. The van der Waals surface area contributed by atoms with E-state index in [-0.39, 0.29) is 0 Å². The molecular weight excluding hydrogens is 334 g/mol. The molecule has 1 fully saturated rings. The summed E-state index contributed by atoms with van der Waals surface area (Å²) in [5, 5.41) is 7.73. The second-order valence-electron chi connectivity index (χ2n) is 6.54. The van der Waals surface area contributed by atoms with Gasteiger partial charge in [-0.2, -0.15) is 11.8 Å². The topological polar surface area (TPSA) is 54.9 Å². The molecule has 1 heterocycles. The van der Waals surface area contributed by atoms with Gasteiger partial charge in [0.15, 0.2) is 17.5 Å². The summed E-state index contributed by atoms with van der Waals surface area (Å²) in [6, 6.07) is 6.64. The first-order chi connectivity index (χ1) is 12.3. The van der Waals surface area contributed by atoms with Crippen molar-refractivity contribution in [2.75, 3.05) is 26.0 Å². The summed E-state index contributed by atoms with van der Waals surface area (Å²) in [7, 11) is 0. The van der Waals surface area contributed by atoms with Crippen LogP contribution in [0.3, 0.4) is 0 Å². The van der Waals surface area contributed by atoms with E-state index in [0.717, 1.165) is 47.8 Å². The third-order valence-corrected chi connectivity index (χ3v) is 5.73. The minimum atomic E-state index is 0.527. The maximum absolute atomic E-state index is 5.77. The van der Waals surface area contributed by atoms with Crippen molar-refractivity contribution in [3.05, 3.63) is 23.8 Å². The average molecular weight is 364 g/mol. The summed E-state index contributed by atoms with van der Waals surface area (Å²) in [4.78, 5) is 4.76. The lowest BCUT2D eigenvalue weighted by molar-refractivity contribution is 0.297. The van der Waals surface area contributed by atoms with E-state index in [1.165, 1.54) is 19.3 Å². The molecule has 1 aromatic rings. The number of rotatable bonds is 5. The number of nitrogens with one attached hydrogen (secondary N) is 2. The smallest absolute Gasteiger partial charge is 0.191 e. The zero-order valence-electron chi connectivity index (χ0n) is 15.2. The van der Waals surface area contributed by atoms with E-state index in [1.54, 1.807) is 0 Å². The molecule has 0 spiro atoms. The molecule has 0 bridgehead atoms. The van der Waals surface area contributed by atoms with Gasteiger partial charge in [0.1, 0.15) is 0 Å².